The topological polar surface area (TPSA) is 67.2 Å². The van der Waals surface area contributed by atoms with E-state index in [0.717, 1.165) is 16.9 Å². The first-order valence-electron chi connectivity index (χ1n) is 8.88. The molecule has 0 bridgehead atoms. The molecule has 0 aliphatic heterocycles. The van der Waals surface area contributed by atoms with Gasteiger partial charge in [0.15, 0.2) is 5.82 Å². The van der Waals surface area contributed by atoms with Crippen LogP contribution >= 0.6 is 12.2 Å². The Bertz CT molecular complexity index is 955. The van der Waals surface area contributed by atoms with Gasteiger partial charge in [0.25, 0.3) is 0 Å². The summed E-state index contributed by atoms with van der Waals surface area (Å²) >= 11 is 5.30. The average molecular weight is 382 g/mol. The summed E-state index contributed by atoms with van der Waals surface area (Å²) in [6.45, 7) is 6.94. The zero-order valence-electron chi connectivity index (χ0n) is 15.6. The Morgan fingerprint density at radius 1 is 1.19 bits per heavy atom. The van der Waals surface area contributed by atoms with E-state index in [1.807, 2.05) is 43.3 Å². The van der Waals surface area contributed by atoms with Crippen molar-refractivity contribution in [1.82, 2.24) is 14.9 Å². The van der Waals surface area contributed by atoms with Gasteiger partial charge in [0.1, 0.15) is 5.75 Å². The quantitative estimate of drug-likeness (QED) is 0.353. The second-order valence-electron chi connectivity index (χ2n) is 6.32. The molecule has 1 aromatic heterocycles. The molecule has 3 rings (SSSR count). The van der Waals surface area contributed by atoms with Gasteiger partial charge in [0, 0.05) is 5.56 Å². The van der Waals surface area contributed by atoms with Gasteiger partial charge < -0.3 is 4.74 Å². The average Bonchev–Trinajstić information content (AvgIpc) is 3.04. The molecule has 140 valence electrons. The van der Waals surface area contributed by atoms with E-state index in [1.54, 1.807) is 10.9 Å². The first-order chi connectivity index (χ1) is 13.1. The molecule has 0 atom stereocenters. The molecule has 0 aliphatic carbocycles. The largest absolute Gasteiger partial charge is 0.494 e. The van der Waals surface area contributed by atoms with Gasteiger partial charge in [-0.1, -0.05) is 38.1 Å². The van der Waals surface area contributed by atoms with Gasteiger partial charge >= 0.3 is 0 Å². The highest BCUT2D eigenvalue weighted by molar-refractivity contribution is 7.71. The van der Waals surface area contributed by atoms with Crippen LogP contribution in [-0.2, 0) is 0 Å². The molecule has 0 aliphatic rings. The predicted molar refractivity (Wildman–Crippen MR) is 112 cm³/mol. The summed E-state index contributed by atoms with van der Waals surface area (Å²) in [5, 5.41) is 11.4. The number of nitrogens with one attached hydrogen (secondary N) is 2. The Labute approximate surface area is 163 Å². The van der Waals surface area contributed by atoms with Gasteiger partial charge in [-0.15, -0.1) is 0 Å². The lowest BCUT2D eigenvalue weighted by Gasteiger charge is -2.07. The molecule has 0 fully saturated rings. The van der Waals surface area contributed by atoms with Gasteiger partial charge in [0.2, 0.25) is 4.77 Å². The van der Waals surface area contributed by atoms with Crippen LogP contribution in [0.15, 0.2) is 53.6 Å². The minimum atomic E-state index is 0.436. The fraction of sp³-hybridized carbons (Fsp3) is 0.250. The molecule has 2 N–H and O–H groups in total. The molecule has 1 heterocycles. The number of hydrazone groups is 1. The van der Waals surface area contributed by atoms with Crippen molar-refractivity contribution < 1.29 is 4.74 Å². The molecule has 0 unspecified atom stereocenters. The maximum absolute atomic E-state index is 5.47. The van der Waals surface area contributed by atoms with Crippen molar-refractivity contribution in [3.63, 3.8) is 0 Å². The van der Waals surface area contributed by atoms with Gasteiger partial charge in [-0.3, -0.25) is 0 Å². The van der Waals surface area contributed by atoms with Crippen LogP contribution in [0.2, 0.25) is 0 Å². The van der Waals surface area contributed by atoms with Crippen molar-refractivity contribution in [2.45, 2.75) is 26.7 Å². The molecule has 27 heavy (non-hydrogen) atoms. The number of hydrogen-bond donors (Lipinski definition) is 2. The lowest BCUT2D eigenvalue weighted by Crippen LogP contribution is -2.10. The third-order valence-corrected chi connectivity index (χ3v) is 4.34. The number of ether oxygens (including phenoxy) is 1. The Morgan fingerprint density at radius 2 is 1.89 bits per heavy atom. The fourth-order valence-corrected chi connectivity index (χ4v) is 2.75. The first kappa shape index (κ1) is 18.8. The smallest absolute Gasteiger partial charge is 0.216 e. The monoisotopic (exact) mass is 381 g/mol. The third kappa shape index (κ3) is 4.62. The highest BCUT2D eigenvalue weighted by Gasteiger charge is 2.08. The maximum atomic E-state index is 5.47. The lowest BCUT2D eigenvalue weighted by atomic mass is 10.0. The second kappa shape index (κ2) is 8.64. The Balaban J connectivity index is 1.75. The summed E-state index contributed by atoms with van der Waals surface area (Å²) in [6, 6.07) is 16.0. The molecule has 6 nitrogen and oxygen atoms in total. The number of aromatic nitrogens is 3. The minimum absolute atomic E-state index is 0.436. The number of nitrogens with zero attached hydrogens (tertiary/aromatic N) is 3. The summed E-state index contributed by atoms with van der Waals surface area (Å²) in [5.74, 6) is 1.98. The van der Waals surface area contributed by atoms with E-state index in [4.69, 9.17) is 17.0 Å². The molecule has 7 heteroatoms. The predicted octanol–water partition coefficient (Wildman–Crippen LogP) is 4.71. The Hall–Kier alpha value is -2.93. The summed E-state index contributed by atoms with van der Waals surface area (Å²) in [4.78, 5) is 0. The molecule has 0 amide bonds. The highest BCUT2D eigenvalue weighted by Crippen LogP contribution is 2.20. The van der Waals surface area contributed by atoms with E-state index in [2.05, 4.69) is 46.8 Å². The SMILES string of the molecule is CCOc1ccc(-c2n[nH]c(=S)n2NN=Cc2ccc(C(C)C)cc2)cc1. The summed E-state index contributed by atoms with van der Waals surface area (Å²) in [5.41, 5.74) is 6.15. The summed E-state index contributed by atoms with van der Waals surface area (Å²) < 4.78 is 7.54. The van der Waals surface area contributed by atoms with Crippen molar-refractivity contribution in [1.29, 1.82) is 0 Å². The summed E-state index contributed by atoms with van der Waals surface area (Å²) in [7, 11) is 0. The molecular formula is C20H23N5OS. The molecule has 0 saturated heterocycles. The van der Waals surface area contributed by atoms with Crippen LogP contribution in [0.25, 0.3) is 11.4 Å². The van der Waals surface area contributed by atoms with Gasteiger partial charge in [-0.25, -0.2) is 10.6 Å². The summed E-state index contributed by atoms with van der Waals surface area (Å²) in [6.07, 6.45) is 1.75. The molecule has 3 aromatic rings. The van der Waals surface area contributed by atoms with Crippen molar-refractivity contribution in [2.24, 2.45) is 5.10 Å². The highest BCUT2D eigenvalue weighted by atomic mass is 32.1. The molecule has 0 saturated carbocycles. The minimum Gasteiger partial charge on any atom is -0.494 e. The number of hydrogen-bond acceptors (Lipinski definition) is 5. The molecule has 0 radical (unpaired) electrons. The van der Waals surface area contributed by atoms with Gasteiger partial charge in [0.05, 0.1) is 12.8 Å². The van der Waals surface area contributed by atoms with Crippen LogP contribution in [-0.4, -0.2) is 27.7 Å². The van der Waals surface area contributed by atoms with Gasteiger partial charge in [-0.05, 0) is 60.5 Å². The van der Waals surface area contributed by atoms with E-state index in [9.17, 15) is 0 Å². The van der Waals surface area contributed by atoms with Crippen LogP contribution in [0.1, 0.15) is 37.8 Å². The number of aromatic amines is 1. The molecule has 0 spiro atoms. The van der Waals surface area contributed by atoms with Crippen molar-refractivity contribution in [3.05, 3.63) is 64.4 Å². The lowest BCUT2D eigenvalue weighted by molar-refractivity contribution is 0.340. The zero-order chi connectivity index (χ0) is 19.2. The van der Waals surface area contributed by atoms with E-state index in [-0.39, 0.29) is 0 Å². The van der Waals surface area contributed by atoms with Crippen LogP contribution < -0.4 is 10.3 Å². The second-order valence-corrected chi connectivity index (χ2v) is 6.71. The zero-order valence-corrected chi connectivity index (χ0v) is 16.5. The van der Waals surface area contributed by atoms with Gasteiger partial charge in [-0.2, -0.15) is 14.9 Å². The number of H-pyrrole nitrogens is 1. The van der Waals surface area contributed by atoms with Crippen molar-refractivity contribution in [2.75, 3.05) is 12.1 Å². The third-order valence-electron chi connectivity index (χ3n) is 4.07. The first-order valence-corrected chi connectivity index (χ1v) is 9.29. The molecular weight excluding hydrogens is 358 g/mol. The number of rotatable bonds is 7. The van der Waals surface area contributed by atoms with E-state index in [1.165, 1.54) is 5.56 Å². The Morgan fingerprint density at radius 3 is 2.52 bits per heavy atom. The van der Waals surface area contributed by atoms with E-state index >= 15 is 0 Å². The van der Waals surface area contributed by atoms with Crippen LogP contribution in [0.4, 0.5) is 0 Å². The van der Waals surface area contributed by atoms with Crippen molar-refractivity contribution >= 4 is 18.4 Å². The van der Waals surface area contributed by atoms with Crippen LogP contribution in [0.3, 0.4) is 0 Å². The van der Waals surface area contributed by atoms with Crippen LogP contribution in [0.5, 0.6) is 5.75 Å². The standard InChI is InChI=1S/C20H23N5OS/c1-4-26-18-11-9-17(10-12-18)19-22-23-20(27)25(19)24-21-13-15-5-7-16(8-6-15)14(2)3/h5-14,24H,4H2,1-3H3,(H,23,27). The normalized spacial score (nSPS) is 11.3. The Kier molecular flexibility index (Phi) is 6.03. The maximum Gasteiger partial charge on any atom is 0.216 e. The van der Waals surface area contributed by atoms with Crippen LogP contribution in [0, 0.1) is 4.77 Å². The van der Waals surface area contributed by atoms with E-state index in [0.29, 0.717) is 23.1 Å². The fourth-order valence-electron chi connectivity index (χ4n) is 2.58. The molecule has 2 aromatic carbocycles. The van der Waals surface area contributed by atoms with Crippen molar-refractivity contribution in [3.8, 4) is 17.1 Å². The number of benzene rings is 2. The van der Waals surface area contributed by atoms with E-state index < -0.39 is 0 Å².